The number of halogens is 1. The lowest BCUT2D eigenvalue weighted by molar-refractivity contribution is -0.138. The van der Waals surface area contributed by atoms with Crippen molar-refractivity contribution >= 4 is 29.1 Å². The van der Waals surface area contributed by atoms with E-state index in [0.29, 0.717) is 18.3 Å². The summed E-state index contributed by atoms with van der Waals surface area (Å²) in [6, 6.07) is 12.6. The summed E-state index contributed by atoms with van der Waals surface area (Å²) in [5.41, 5.74) is 4.12. The number of hydrogen-bond acceptors (Lipinski definition) is 3. The van der Waals surface area contributed by atoms with Crippen molar-refractivity contribution in [1.82, 2.24) is 9.88 Å². The van der Waals surface area contributed by atoms with Gasteiger partial charge in [-0.2, -0.15) is 0 Å². The highest BCUT2D eigenvalue weighted by Crippen LogP contribution is 2.37. The van der Waals surface area contributed by atoms with Crippen LogP contribution >= 0.6 is 11.6 Å². The fraction of sp³-hybridized carbons (Fsp3) is 0.400. The van der Waals surface area contributed by atoms with Gasteiger partial charge >= 0.3 is 5.97 Å². The van der Waals surface area contributed by atoms with Crippen LogP contribution in [0.25, 0.3) is 11.3 Å². The Kier molecular flexibility index (Phi) is 6.71. The predicted molar refractivity (Wildman–Crippen MR) is 125 cm³/mol. The fourth-order valence-electron chi connectivity index (χ4n) is 4.50. The Morgan fingerprint density at radius 2 is 1.90 bits per heavy atom. The number of aromatic nitrogens is 1. The summed E-state index contributed by atoms with van der Waals surface area (Å²) in [5.74, 6) is 1.01. The van der Waals surface area contributed by atoms with Crippen LogP contribution in [0.1, 0.15) is 43.6 Å². The monoisotopic (exact) mass is 437 g/mol. The molecule has 1 saturated carbocycles. The molecule has 5 nitrogen and oxygen atoms in total. The topological polar surface area (TPSA) is 65.8 Å². The van der Waals surface area contributed by atoms with E-state index in [9.17, 15) is 4.79 Å². The van der Waals surface area contributed by atoms with Crippen molar-refractivity contribution in [2.75, 3.05) is 13.6 Å². The summed E-state index contributed by atoms with van der Waals surface area (Å²) < 4.78 is 0. The quantitative estimate of drug-likeness (QED) is 0.485. The van der Waals surface area contributed by atoms with Gasteiger partial charge in [-0.3, -0.25) is 9.78 Å². The summed E-state index contributed by atoms with van der Waals surface area (Å²) in [5, 5.41) is 8.77. The smallest absolute Gasteiger partial charge is 0.303 e. The normalized spacial score (nSPS) is 25.0. The molecule has 2 aliphatic rings. The number of carboxylic acid groups (broad SMARTS) is 1. The number of hydrogen-bond donors (Lipinski definition) is 1. The van der Waals surface area contributed by atoms with E-state index in [1.54, 1.807) is 6.20 Å². The van der Waals surface area contributed by atoms with E-state index < -0.39 is 5.97 Å². The first-order chi connectivity index (χ1) is 15.0. The minimum absolute atomic E-state index is 0.217. The molecule has 1 aliphatic carbocycles. The van der Waals surface area contributed by atoms with Gasteiger partial charge in [0.2, 0.25) is 0 Å². The fourth-order valence-corrected chi connectivity index (χ4v) is 4.82. The summed E-state index contributed by atoms with van der Waals surface area (Å²) in [7, 11) is 1.99. The third kappa shape index (κ3) is 5.34. The maximum Gasteiger partial charge on any atom is 0.303 e. The first-order valence-corrected chi connectivity index (χ1v) is 11.3. The Balaban J connectivity index is 1.40. The Morgan fingerprint density at radius 1 is 1.16 bits per heavy atom. The average Bonchev–Trinajstić information content (AvgIpc) is 2.77. The summed E-state index contributed by atoms with van der Waals surface area (Å²) in [4.78, 5) is 22.2. The Morgan fingerprint density at radius 3 is 2.52 bits per heavy atom. The molecule has 1 fully saturated rings. The van der Waals surface area contributed by atoms with Gasteiger partial charge in [-0.25, -0.2) is 4.99 Å². The van der Waals surface area contributed by atoms with E-state index >= 15 is 0 Å². The lowest BCUT2D eigenvalue weighted by Gasteiger charge is -2.28. The lowest BCUT2D eigenvalue weighted by atomic mass is 9.77. The second-order valence-corrected chi connectivity index (χ2v) is 8.99. The molecule has 2 heterocycles. The van der Waals surface area contributed by atoms with Crippen LogP contribution in [0.4, 0.5) is 5.69 Å². The van der Waals surface area contributed by atoms with E-state index in [4.69, 9.17) is 16.7 Å². The molecule has 0 saturated heterocycles. The number of carboxylic acids is 1. The van der Waals surface area contributed by atoms with Crippen LogP contribution < -0.4 is 0 Å². The van der Waals surface area contributed by atoms with Crippen molar-refractivity contribution in [2.24, 2.45) is 10.9 Å². The number of alkyl halides is 1. The van der Waals surface area contributed by atoms with Gasteiger partial charge in [0.1, 0.15) is 11.2 Å². The van der Waals surface area contributed by atoms with Crippen molar-refractivity contribution in [3.63, 3.8) is 0 Å². The van der Waals surface area contributed by atoms with Crippen molar-refractivity contribution in [3.8, 4) is 11.3 Å². The van der Waals surface area contributed by atoms with Gasteiger partial charge in [0.05, 0.1) is 17.6 Å². The molecule has 0 radical (unpaired) electrons. The van der Waals surface area contributed by atoms with Gasteiger partial charge in [0, 0.05) is 25.6 Å². The number of aliphatic imine (C=N–C) groups is 1. The Hall–Kier alpha value is -2.66. The largest absolute Gasteiger partial charge is 0.481 e. The molecular weight excluding hydrogens is 410 g/mol. The number of nitrogens with zero attached hydrogens (tertiary/aromatic N) is 3. The Bertz CT molecular complexity index is 961. The zero-order valence-corrected chi connectivity index (χ0v) is 18.5. The van der Waals surface area contributed by atoms with Crippen molar-refractivity contribution < 1.29 is 9.90 Å². The van der Waals surface area contributed by atoms with Crippen LogP contribution in [0.2, 0.25) is 0 Å². The number of aliphatic carboxylic acids is 1. The highest BCUT2D eigenvalue weighted by molar-refractivity contribution is 6.33. The second kappa shape index (κ2) is 9.65. The molecule has 0 amide bonds. The molecule has 1 N–H and O–H groups in total. The van der Waals surface area contributed by atoms with Crippen LogP contribution in [-0.2, 0) is 4.79 Å². The van der Waals surface area contributed by atoms with Gasteiger partial charge in [-0.1, -0.05) is 36.4 Å². The van der Waals surface area contributed by atoms with Crippen molar-refractivity contribution in [3.05, 3.63) is 60.3 Å². The predicted octanol–water partition coefficient (Wildman–Crippen LogP) is 5.64. The van der Waals surface area contributed by atoms with Crippen molar-refractivity contribution in [2.45, 2.75) is 43.4 Å². The number of rotatable bonds is 5. The van der Waals surface area contributed by atoms with Crippen LogP contribution in [0.3, 0.4) is 0 Å². The van der Waals surface area contributed by atoms with E-state index in [-0.39, 0.29) is 5.38 Å². The van der Waals surface area contributed by atoms with E-state index in [1.165, 1.54) is 5.56 Å². The molecule has 31 heavy (non-hydrogen) atoms. The van der Waals surface area contributed by atoms with Gasteiger partial charge in [0.25, 0.3) is 0 Å². The van der Waals surface area contributed by atoms with Crippen LogP contribution in [-0.4, -0.2) is 45.8 Å². The average molecular weight is 438 g/mol. The summed E-state index contributed by atoms with van der Waals surface area (Å²) in [6.07, 6.45) is 10.2. The zero-order chi connectivity index (χ0) is 21.8. The molecule has 1 aromatic carbocycles. The van der Waals surface area contributed by atoms with Crippen LogP contribution in [0.5, 0.6) is 0 Å². The molecule has 0 bridgehead atoms. The Labute approximate surface area is 188 Å². The standard InChI is InChI=1S/C25H28ClN3O2/c1-29-14-2-3-22(26)25(29)28-21-12-13-23(27-16-21)20-10-8-19(9-11-20)18-6-4-17(5-7-18)15-24(30)31/h2-3,8-13,16-18,22H,4-7,14-15H2,1H3,(H,30,31). The lowest BCUT2D eigenvalue weighted by Crippen LogP contribution is -2.36. The first kappa shape index (κ1) is 21.6. The summed E-state index contributed by atoms with van der Waals surface area (Å²) in [6.45, 7) is 0.807. The molecular formula is C25H28ClN3O2. The highest BCUT2D eigenvalue weighted by Gasteiger charge is 2.24. The maximum atomic E-state index is 10.9. The molecule has 1 aliphatic heterocycles. The minimum atomic E-state index is -0.678. The molecule has 0 spiro atoms. The zero-order valence-electron chi connectivity index (χ0n) is 17.7. The number of amidine groups is 1. The maximum absolute atomic E-state index is 10.9. The second-order valence-electron chi connectivity index (χ2n) is 8.52. The molecule has 1 unspecified atom stereocenters. The molecule has 2 aromatic rings. The SMILES string of the molecule is CN1CC=CC(Cl)C1=Nc1ccc(-c2ccc(C3CCC(CC(=O)O)CC3)cc2)nc1. The van der Waals surface area contributed by atoms with E-state index in [1.807, 2.05) is 36.2 Å². The molecule has 1 aromatic heterocycles. The third-order valence-corrected chi connectivity index (χ3v) is 6.64. The highest BCUT2D eigenvalue weighted by atomic mass is 35.5. The van der Waals surface area contributed by atoms with Crippen molar-refractivity contribution in [1.29, 1.82) is 0 Å². The molecule has 4 rings (SSSR count). The number of likely N-dealkylation sites (N-methyl/N-ethyl adjacent to an activating group) is 1. The van der Waals surface area contributed by atoms with Crippen LogP contribution in [0, 0.1) is 5.92 Å². The number of benzene rings is 1. The molecule has 6 heteroatoms. The summed E-state index contributed by atoms with van der Waals surface area (Å²) >= 11 is 6.36. The minimum Gasteiger partial charge on any atom is -0.481 e. The number of pyridine rings is 1. The van der Waals surface area contributed by atoms with Gasteiger partial charge in [-0.15, -0.1) is 11.6 Å². The van der Waals surface area contributed by atoms with Gasteiger partial charge in [-0.05, 0) is 55.2 Å². The van der Waals surface area contributed by atoms with E-state index in [2.05, 4.69) is 34.2 Å². The number of carbonyl (C=O) groups is 1. The first-order valence-electron chi connectivity index (χ1n) is 10.9. The molecule has 1 atom stereocenters. The molecule has 162 valence electrons. The van der Waals surface area contributed by atoms with Gasteiger partial charge < -0.3 is 10.0 Å². The van der Waals surface area contributed by atoms with E-state index in [0.717, 1.165) is 55.0 Å². The van der Waals surface area contributed by atoms with Gasteiger partial charge in [0.15, 0.2) is 0 Å². The third-order valence-electron chi connectivity index (χ3n) is 6.30. The van der Waals surface area contributed by atoms with Crippen LogP contribution in [0.15, 0.2) is 59.7 Å².